The van der Waals surface area contributed by atoms with Gasteiger partial charge in [-0.15, -0.1) is 0 Å². The van der Waals surface area contributed by atoms with Crippen molar-refractivity contribution in [1.29, 1.82) is 5.26 Å². The van der Waals surface area contributed by atoms with Gasteiger partial charge in [0.2, 0.25) is 0 Å². The van der Waals surface area contributed by atoms with E-state index in [4.69, 9.17) is 5.26 Å². The second kappa shape index (κ2) is 5.25. The third kappa shape index (κ3) is 3.09. The summed E-state index contributed by atoms with van der Waals surface area (Å²) in [5, 5.41) is 9.13. The number of hydrogen-bond donors (Lipinski definition) is 0. The summed E-state index contributed by atoms with van der Waals surface area (Å²) >= 11 is 0. The molecule has 0 bridgehead atoms. The SMILES string of the molecule is Cn1ccc(/C=C(\C#N)c2ccc(C(F)(F)F)cc2)c1. The first kappa shape index (κ1) is 13.9. The van der Waals surface area contributed by atoms with Crippen molar-refractivity contribution in [3.63, 3.8) is 0 Å². The van der Waals surface area contributed by atoms with Gasteiger partial charge >= 0.3 is 6.18 Å². The fourth-order valence-electron chi connectivity index (χ4n) is 1.80. The van der Waals surface area contributed by atoms with E-state index in [-0.39, 0.29) is 0 Å². The van der Waals surface area contributed by atoms with E-state index in [1.807, 2.05) is 36.1 Å². The normalized spacial score (nSPS) is 12.2. The summed E-state index contributed by atoms with van der Waals surface area (Å²) in [7, 11) is 1.85. The second-order valence-corrected chi connectivity index (χ2v) is 4.36. The standard InChI is InChI=1S/C15H11F3N2/c1-20-7-6-11(10-20)8-13(9-19)12-2-4-14(5-3-12)15(16,17)18/h2-8,10H,1H3/b13-8+. The first-order valence-electron chi connectivity index (χ1n) is 5.81. The van der Waals surface area contributed by atoms with Gasteiger partial charge in [-0.2, -0.15) is 18.4 Å². The van der Waals surface area contributed by atoms with Crippen molar-refractivity contribution in [3.8, 4) is 6.07 Å². The van der Waals surface area contributed by atoms with Crippen molar-refractivity contribution in [3.05, 3.63) is 59.4 Å². The lowest BCUT2D eigenvalue weighted by Gasteiger charge is -2.07. The van der Waals surface area contributed by atoms with Crippen LogP contribution in [0.4, 0.5) is 13.2 Å². The average Bonchev–Trinajstić information content (AvgIpc) is 2.81. The Hall–Kier alpha value is -2.48. The molecule has 0 saturated carbocycles. The molecule has 1 aromatic heterocycles. The summed E-state index contributed by atoms with van der Waals surface area (Å²) in [6, 6.07) is 8.39. The third-order valence-electron chi connectivity index (χ3n) is 2.81. The molecule has 0 aliphatic carbocycles. The number of halogens is 3. The molecule has 20 heavy (non-hydrogen) atoms. The highest BCUT2D eigenvalue weighted by Crippen LogP contribution is 2.30. The fraction of sp³-hybridized carbons (Fsp3) is 0.133. The summed E-state index contributed by atoms with van der Waals surface area (Å²) in [6.07, 6.45) is 0.923. The van der Waals surface area contributed by atoms with Crippen molar-refractivity contribution in [2.45, 2.75) is 6.18 Å². The predicted molar refractivity (Wildman–Crippen MR) is 70.3 cm³/mol. The molecule has 2 rings (SSSR count). The maximum Gasteiger partial charge on any atom is 0.416 e. The lowest BCUT2D eigenvalue weighted by molar-refractivity contribution is -0.137. The molecule has 102 valence electrons. The Labute approximate surface area is 114 Å². The second-order valence-electron chi connectivity index (χ2n) is 4.36. The monoisotopic (exact) mass is 276 g/mol. The molecule has 0 spiro atoms. The molecule has 0 N–H and O–H groups in total. The Kier molecular flexibility index (Phi) is 3.66. The zero-order chi connectivity index (χ0) is 14.8. The molecule has 1 aromatic carbocycles. The Morgan fingerprint density at radius 1 is 1.20 bits per heavy atom. The van der Waals surface area contributed by atoms with Crippen LogP contribution in [0, 0.1) is 11.3 Å². The largest absolute Gasteiger partial charge is 0.416 e. The van der Waals surface area contributed by atoms with E-state index in [1.54, 1.807) is 6.08 Å². The number of hydrogen-bond acceptors (Lipinski definition) is 1. The number of rotatable bonds is 2. The van der Waals surface area contributed by atoms with Gasteiger partial charge in [0.05, 0.1) is 17.2 Å². The first-order chi connectivity index (χ1) is 9.40. The van der Waals surface area contributed by atoms with Crippen LogP contribution in [0.1, 0.15) is 16.7 Å². The Morgan fingerprint density at radius 3 is 2.30 bits per heavy atom. The van der Waals surface area contributed by atoms with Gasteiger partial charge in [0.1, 0.15) is 0 Å². The highest BCUT2D eigenvalue weighted by molar-refractivity contribution is 5.89. The van der Waals surface area contributed by atoms with Crippen LogP contribution in [0.15, 0.2) is 42.7 Å². The van der Waals surface area contributed by atoms with E-state index in [2.05, 4.69) is 0 Å². The molecule has 0 unspecified atom stereocenters. The van der Waals surface area contributed by atoms with Crippen LogP contribution in [0.2, 0.25) is 0 Å². The first-order valence-corrected chi connectivity index (χ1v) is 5.81. The van der Waals surface area contributed by atoms with Crippen LogP contribution in [-0.4, -0.2) is 4.57 Å². The molecule has 0 amide bonds. The van der Waals surface area contributed by atoms with Gasteiger partial charge < -0.3 is 4.57 Å². The molecule has 0 fully saturated rings. The zero-order valence-corrected chi connectivity index (χ0v) is 10.6. The topological polar surface area (TPSA) is 28.7 Å². The lowest BCUT2D eigenvalue weighted by Crippen LogP contribution is -2.04. The van der Waals surface area contributed by atoms with Crippen molar-refractivity contribution in [2.75, 3.05) is 0 Å². The molecular weight excluding hydrogens is 265 g/mol. The smallest absolute Gasteiger partial charge is 0.357 e. The van der Waals surface area contributed by atoms with Crippen molar-refractivity contribution in [2.24, 2.45) is 7.05 Å². The van der Waals surface area contributed by atoms with E-state index in [0.29, 0.717) is 11.1 Å². The number of aryl methyl sites for hydroxylation is 1. The number of benzene rings is 1. The Balaban J connectivity index is 2.34. The minimum Gasteiger partial charge on any atom is -0.357 e. The van der Waals surface area contributed by atoms with E-state index in [1.165, 1.54) is 12.1 Å². The van der Waals surface area contributed by atoms with Gasteiger partial charge in [0.15, 0.2) is 0 Å². The fourth-order valence-corrected chi connectivity index (χ4v) is 1.80. The minimum atomic E-state index is -4.37. The van der Waals surface area contributed by atoms with Crippen molar-refractivity contribution in [1.82, 2.24) is 4.57 Å². The molecule has 2 nitrogen and oxygen atoms in total. The maximum absolute atomic E-state index is 12.5. The lowest BCUT2D eigenvalue weighted by atomic mass is 10.0. The number of allylic oxidation sites excluding steroid dienone is 1. The highest BCUT2D eigenvalue weighted by Gasteiger charge is 2.30. The van der Waals surface area contributed by atoms with Gasteiger partial charge in [-0.25, -0.2) is 0 Å². The average molecular weight is 276 g/mol. The zero-order valence-electron chi connectivity index (χ0n) is 10.6. The van der Waals surface area contributed by atoms with E-state index in [9.17, 15) is 13.2 Å². The van der Waals surface area contributed by atoms with Crippen LogP contribution >= 0.6 is 0 Å². The Bertz CT molecular complexity index is 670. The molecule has 1 heterocycles. The molecule has 0 saturated heterocycles. The minimum absolute atomic E-state index is 0.324. The summed E-state index contributed by atoms with van der Waals surface area (Å²) in [5.41, 5.74) is 0.886. The molecule has 0 radical (unpaired) electrons. The van der Waals surface area contributed by atoms with E-state index < -0.39 is 11.7 Å². The highest BCUT2D eigenvalue weighted by atomic mass is 19.4. The number of nitriles is 1. The van der Waals surface area contributed by atoms with Gasteiger partial charge in [0, 0.05) is 19.4 Å². The predicted octanol–water partition coefficient (Wildman–Crippen LogP) is 4.11. The van der Waals surface area contributed by atoms with Gasteiger partial charge in [-0.1, -0.05) is 12.1 Å². The number of alkyl halides is 3. The number of aromatic nitrogens is 1. The molecular formula is C15H11F3N2. The molecule has 0 atom stereocenters. The van der Waals surface area contributed by atoms with Crippen molar-refractivity contribution < 1.29 is 13.2 Å². The molecule has 5 heteroatoms. The third-order valence-corrected chi connectivity index (χ3v) is 2.81. The maximum atomic E-state index is 12.5. The van der Waals surface area contributed by atoms with Gasteiger partial charge in [-0.05, 0) is 35.4 Å². The summed E-state index contributed by atoms with van der Waals surface area (Å²) in [5.74, 6) is 0. The summed E-state index contributed by atoms with van der Waals surface area (Å²) in [6.45, 7) is 0. The summed E-state index contributed by atoms with van der Waals surface area (Å²) in [4.78, 5) is 0. The summed E-state index contributed by atoms with van der Waals surface area (Å²) < 4.78 is 39.2. The molecule has 2 aromatic rings. The molecule has 0 aliphatic heterocycles. The number of nitrogens with zero attached hydrogens (tertiary/aromatic N) is 2. The van der Waals surface area contributed by atoms with Crippen LogP contribution < -0.4 is 0 Å². The quantitative estimate of drug-likeness (QED) is 0.759. The van der Waals surface area contributed by atoms with Crippen LogP contribution in [0.3, 0.4) is 0 Å². The van der Waals surface area contributed by atoms with Gasteiger partial charge in [-0.3, -0.25) is 0 Å². The van der Waals surface area contributed by atoms with E-state index >= 15 is 0 Å². The van der Waals surface area contributed by atoms with E-state index in [0.717, 1.165) is 17.7 Å². The van der Waals surface area contributed by atoms with Crippen LogP contribution in [-0.2, 0) is 13.2 Å². The van der Waals surface area contributed by atoms with Crippen molar-refractivity contribution >= 4 is 11.6 Å². The van der Waals surface area contributed by atoms with Crippen LogP contribution in [0.25, 0.3) is 11.6 Å². The Morgan fingerprint density at radius 2 is 1.85 bits per heavy atom. The molecule has 0 aliphatic rings. The van der Waals surface area contributed by atoms with Crippen LogP contribution in [0.5, 0.6) is 0 Å². The van der Waals surface area contributed by atoms with Gasteiger partial charge in [0.25, 0.3) is 0 Å².